The van der Waals surface area contributed by atoms with Crippen LogP contribution < -0.4 is 0 Å². The van der Waals surface area contributed by atoms with E-state index >= 15 is 0 Å². The Kier molecular flexibility index (Phi) is 7.91. The fraction of sp³-hybridized carbons (Fsp3) is 0.526. The van der Waals surface area contributed by atoms with Gasteiger partial charge in [-0.1, -0.05) is 90.1 Å². The minimum atomic E-state index is 0.175. The maximum atomic E-state index is 2.61. The highest BCUT2D eigenvalue weighted by Gasteiger charge is 2.25. The number of hydrogen-bond acceptors (Lipinski definition) is 0. The van der Waals surface area contributed by atoms with E-state index in [1.54, 1.807) is 44.5 Å². The fourth-order valence-corrected chi connectivity index (χ4v) is 6.60. The predicted molar refractivity (Wildman–Crippen MR) is 165 cm³/mol. The second-order valence-electron chi connectivity index (χ2n) is 14.3. The Morgan fingerprint density at radius 3 is 1.13 bits per heavy atom. The van der Waals surface area contributed by atoms with Crippen LogP contribution in [0.25, 0.3) is 0 Å². The average Bonchev–Trinajstić information content (AvgIpc) is 2.81. The SMILES string of the molecule is CC(C)(C)c1cc(CCCCc2ccc3c(c2)CC3)c(C(C)(C)C)cc1CCCCc1ccc2c(c1)CC2. The molecular formula is C38H50. The van der Waals surface area contributed by atoms with Crippen molar-refractivity contribution in [1.82, 2.24) is 0 Å². The Morgan fingerprint density at radius 1 is 0.447 bits per heavy atom. The van der Waals surface area contributed by atoms with E-state index in [0.29, 0.717) is 0 Å². The Morgan fingerprint density at radius 2 is 0.816 bits per heavy atom. The van der Waals surface area contributed by atoms with Crippen LogP contribution in [0, 0.1) is 0 Å². The van der Waals surface area contributed by atoms with E-state index in [1.165, 1.54) is 88.2 Å². The van der Waals surface area contributed by atoms with Gasteiger partial charge in [0.25, 0.3) is 0 Å². The molecule has 202 valence electrons. The van der Waals surface area contributed by atoms with E-state index in [0.717, 1.165) is 0 Å². The van der Waals surface area contributed by atoms with Crippen molar-refractivity contribution in [2.45, 2.75) is 129 Å². The van der Waals surface area contributed by atoms with E-state index in [1.807, 2.05) is 0 Å². The molecule has 3 aromatic rings. The van der Waals surface area contributed by atoms with E-state index in [9.17, 15) is 0 Å². The normalized spacial score (nSPS) is 14.5. The maximum absolute atomic E-state index is 2.61. The van der Waals surface area contributed by atoms with Gasteiger partial charge in [0, 0.05) is 0 Å². The van der Waals surface area contributed by atoms with Crippen LogP contribution in [-0.2, 0) is 62.2 Å². The first-order valence-electron chi connectivity index (χ1n) is 15.5. The Hall–Kier alpha value is -2.34. The lowest BCUT2D eigenvalue weighted by atomic mass is 9.75. The molecule has 0 bridgehead atoms. The second kappa shape index (κ2) is 11.0. The fourth-order valence-electron chi connectivity index (χ4n) is 6.60. The summed E-state index contributed by atoms with van der Waals surface area (Å²) in [5, 5.41) is 0. The summed E-state index contributed by atoms with van der Waals surface area (Å²) in [6.07, 6.45) is 15.0. The van der Waals surface area contributed by atoms with Crippen LogP contribution in [0.15, 0.2) is 48.5 Å². The highest BCUT2D eigenvalue weighted by atomic mass is 14.3. The standard InChI is InChI=1S/C38H50/c1-37(2,3)35-25-34(14-10-8-12-28-16-18-30-20-22-32(30)24-28)36(38(4,5)6)26-33(35)13-9-7-11-27-15-17-29-19-21-31(29)23-27/h15-18,23-26H,7-14,19-22H2,1-6H3. The smallest absolute Gasteiger partial charge is 0.0129 e. The maximum Gasteiger partial charge on any atom is -0.0129 e. The lowest BCUT2D eigenvalue weighted by molar-refractivity contribution is 0.558. The molecule has 0 heteroatoms. The second-order valence-corrected chi connectivity index (χ2v) is 14.3. The number of rotatable bonds is 10. The molecule has 2 aliphatic rings. The van der Waals surface area contributed by atoms with Crippen molar-refractivity contribution in [2.75, 3.05) is 0 Å². The minimum Gasteiger partial charge on any atom is -0.0588 e. The molecule has 0 amide bonds. The molecule has 0 aromatic heterocycles. The first-order valence-corrected chi connectivity index (χ1v) is 15.5. The third-order valence-electron chi connectivity index (χ3n) is 9.14. The van der Waals surface area contributed by atoms with Crippen LogP contribution in [0.4, 0.5) is 0 Å². The molecule has 0 saturated heterocycles. The highest BCUT2D eigenvalue weighted by molar-refractivity contribution is 5.45. The summed E-state index contributed by atoms with van der Waals surface area (Å²) in [5.74, 6) is 0. The topological polar surface area (TPSA) is 0 Å². The van der Waals surface area contributed by atoms with Crippen LogP contribution in [0.5, 0.6) is 0 Å². The van der Waals surface area contributed by atoms with Gasteiger partial charge >= 0.3 is 0 Å². The van der Waals surface area contributed by atoms with Gasteiger partial charge in [-0.25, -0.2) is 0 Å². The minimum absolute atomic E-state index is 0.175. The zero-order valence-electron chi connectivity index (χ0n) is 25.1. The molecule has 0 aliphatic heterocycles. The van der Waals surface area contributed by atoms with Gasteiger partial charge in [-0.15, -0.1) is 0 Å². The van der Waals surface area contributed by atoms with Crippen molar-refractivity contribution in [2.24, 2.45) is 0 Å². The number of fused-ring (bicyclic) bond motifs is 2. The van der Waals surface area contributed by atoms with Crippen molar-refractivity contribution in [1.29, 1.82) is 0 Å². The van der Waals surface area contributed by atoms with Gasteiger partial charge in [0.2, 0.25) is 0 Å². The Labute approximate surface area is 233 Å². The zero-order chi connectivity index (χ0) is 26.9. The van der Waals surface area contributed by atoms with E-state index in [-0.39, 0.29) is 10.8 Å². The molecule has 0 spiro atoms. The molecule has 0 nitrogen and oxygen atoms in total. The molecule has 0 atom stereocenters. The zero-order valence-corrected chi connectivity index (χ0v) is 25.1. The quantitative estimate of drug-likeness (QED) is 0.240. The number of hydrogen-bond donors (Lipinski definition) is 0. The summed E-state index contributed by atoms with van der Waals surface area (Å²) in [5.41, 5.74) is 16.1. The van der Waals surface area contributed by atoms with Gasteiger partial charge in [0.15, 0.2) is 0 Å². The first-order chi connectivity index (χ1) is 18.1. The van der Waals surface area contributed by atoms with Crippen molar-refractivity contribution in [3.05, 3.63) is 104 Å². The van der Waals surface area contributed by atoms with Crippen LogP contribution in [0.1, 0.15) is 123 Å². The van der Waals surface area contributed by atoms with Crippen LogP contribution >= 0.6 is 0 Å². The van der Waals surface area contributed by atoms with Crippen molar-refractivity contribution < 1.29 is 0 Å². The number of unbranched alkanes of at least 4 members (excludes halogenated alkanes) is 2. The molecule has 2 aliphatic carbocycles. The Bertz CT molecular complexity index is 1170. The molecular weight excluding hydrogens is 456 g/mol. The summed E-state index contributed by atoms with van der Waals surface area (Å²) >= 11 is 0. The van der Waals surface area contributed by atoms with Crippen molar-refractivity contribution in [3.8, 4) is 0 Å². The van der Waals surface area contributed by atoms with Gasteiger partial charge in [-0.2, -0.15) is 0 Å². The molecule has 38 heavy (non-hydrogen) atoms. The molecule has 0 unspecified atom stereocenters. The average molecular weight is 507 g/mol. The summed E-state index contributed by atoms with van der Waals surface area (Å²) in [6, 6.07) is 19.6. The van der Waals surface area contributed by atoms with E-state index in [4.69, 9.17) is 0 Å². The van der Waals surface area contributed by atoms with Gasteiger partial charge in [0.1, 0.15) is 0 Å². The molecule has 0 saturated carbocycles. The van der Waals surface area contributed by atoms with Gasteiger partial charge < -0.3 is 0 Å². The van der Waals surface area contributed by atoms with Crippen molar-refractivity contribution in [3.63, 3.8) is 0 Å². The molecule has 0 radical (unpaired) electrons. The number of aryl methyl sites for hydroxylation is 8. The van der Waals surface area contributed by atoms with Crippen LogP contribution in [-0.4, -0.2) is 0 Å². The lowest BCUT2D eigenvalue weighted by Crippen LogP contribution is -2.20. The first kappa shape index (κ1) is 27.2. The van der Waals surface area contributed by atoms with E-state index < -0.39 is 0 Å². The van der Waals surface area contributed by atoms with Crippen LogP contribution in [0.2, 0.25) is 0 Å². The lowest BCUT2D eigenvalue weighted by Gasteiger charge is -2.30. The van der Waals surface area contributed by atoms with Crippen molar-refractivity contribution >= 4 is 0 Å². The third kappa shape index (κ3) is 6.27. The van der Waals surface area contributed by atoms with Gasteiger partial charge in [-0.3, -0.25) is 0 Å². The molecule has 0 N–H and O–H groups in total. The number of benzene rings is 3. The third-order valence-corrected chi connectivity index (χ3v) is 9.14. The highest BCUT2D eigenvalue weighted by Crippen LogP contribution is 2.36. The molecule has 5 rings (SSSR count). The van der Waals surface area contributed by atoms with Crippen LogP contribution in [0.3, 0.4) is 0 Å². The molecule has 0 fully saturated rings. The Balaban J connectivity index is 1.25. The molecule has 0 heterocycles. The summed E-state index contributed by atoms with van der Waals surface area (Å²) < 4.78 is 0. The summed E-state index contributed by atoms with van der Waals surface area (Å²) in [7, 11) is 0. The van der Waals surface area contributed by atoms with Gasteiger partial charge in [-0.05, 0) is 144 Å². The van der Waals surface area contributed by atoms with Gasteiger partial charge in [0.05, 0.1) is 0 Å². The molecule has 3 aromatic carbocycles. The summed E-state index contributed by atoms with van der Waals surface area (Å²) in [6.45, 7) is 14.4. The largest absolute Gasteiger partial charge is 0.0588 e. The van der Waals surface area contributed by atoms with E-state index in [2.05, 4.69) is 90.1 Å². The monoisotopic (exact) mass is 506 g/mol. The summed E-state index contributed by atoms with van der Waals surface area (Å²) in [4.78, 5) is 0. The predicted octanol–water partition coefficient (Wildman–Crippen LogP) is 9.61.